The van der Waals surface area contributed by atoms with Gasteiger partial charge in [-0.15, -0.1) is 0 Å². The highest BCUT2D eigenvalue weighted by Crippen LogP contribution is 2.23. The van der Waals surface area contributed by atoms with Crippen molar-refractivity contribution in [2.45, 2.75) is 11.5 Å². The summed E-state index contributed by atoms with van der Waals surface area (Å²) in [5, 5.41) is 9.11. The maximum absolute atomic E-state index is 13.2. The van der Waals surface area contributed by atoms with Crippen LogP contribution in [0.25, 0.3) is 0 Å². The highest BCUT2D eigenvalue weighted by molar-refractivity contribution is 7.92. The fourth-order valence-corrected chi connectivity index (χ4v) is 3.13. The van der Waals surface area contributed by atoms with Crippen LogP contribution in [0.4, 0.5) is 10.1 Å². The lowest BCUT2D eigenvalue weighted by atomic mass is 10.3. The number of aliphatic hydroxyl groups is 1. The van der Waals surface area contributed by atoms with Crippen LogP contribution >= 0.6 is 0 Å². The number of aliphatic hydroxyl groups excluding tert-OH is 1. The third kappa shape index (κ3) is 2.54. The van der Waals surface area contributed by atoms with Gasteiger partial charge in [-0.25, -0.2) is 12.8 Å². The molecule has 1 heterocycles. The van der Waals surface area contributed by atoms with Gasteiger partial charge in [0.15, 0.2) is 0 Å². The van der Waals surface area contributed by atoms with Gasteiger partial charge < -0.3 is 9.67 Å². The van der Waals surface area contributed by atoms with Crippen LogP contribution in [0.2, 0.25) is 0 Å². The predicted molar refractivity (Wildman–Crippen MR) is 73.3 cm³/mol. The van der Waals surface area contributed by atoms with Gasteiger partial charge in [0.25, 0.3) is 10.0 Å². The van der Waals surface area contributed by atoms with Gasteiger partial charge in [-0.05, 0) is 24.3 Å². The maximum Gasteiger partial charge on any atom is 0.265 e. The van der Waals surface area contributed by atoms with Crippen molar-refractivity contribution in [1.29, 1.82) is 0 Å². The second-order valence-corrected chi connectivity index (χ2v) is 6.36. The molecule has 108 valence electrons. The first-order chi connectivity index (χ1) is 9.36. The summed E-state index contributed by atoms with van der Waals surface area (Å²) in [6.45, 7) is -0.254. The summed E-state index contributed by atoms with van der Waals surface area (Å²) in [5.41, 5.74) is 0.718. The summed E-state index contributed by atoms with van der Waals surface area (Å²) in [6, 6.07) is 6.74. The SMILES string of the molecule is CN(c1cccc(F)c1)S(=O)(=O)c1cc(CO)n(C)c1. The molecule has 0 aliphatic rings. The summed E-state index contributed by atoms with van der Waals surface area (Å²) < 4.78 is 40.6. The van der Waals surface area contributed by atoms with E-state index in [2.05, 4.69) is 0 Å². The van der Waals surface area contributed by atoms with Gasteiger partial charge in [0.05, 0.1) is 12.3 Å². The van der Waals surface area contributed by atoms with E-state index in [-0.39, 0.29) is 17.2 Å². The van der Waals surface area contributed by atoms with Gasteiger partial charge in [0.2, 0.25) is 0 Å². The Hall–Kier alpha value is -1.86. The molecule has 0 amide bonds. The molecule has 0 radical (unpaired) electrons. The van der Waals surface area contributed by atoms with Crippen molar-refractivity contribution in [2.75, 3.05) is 11.4 Å². The molecule has 2 aromatic rings. The van der Waals surface area contributed by atoms with Gasteiger partial charge in [-0.1, -0.05) is 6.07 Å². The molecule has 20 heavy (non-hydrogen) atoms. The van der Waals surface area contributed by atoms with E-state index in [1.165, 1.54) is 42.1 Å². The quantitative estimate of drug-likeness (QED) is 0.930. The van der Waals surface area contributed by atoms with Gasteiger partial charge in [0.1, 0.15) is 10.7 Å². The van der Waals surface area contributed by atoms with Crippen molar-refractivity contribution in [3.8, 4) is 0 Å². The largest absolute Gasteiger partial charge is 0.390 e. The van der Waals surface area contributed by atoms with Crippen molar-refractivity contribution in [2.24, 2.45) is 7.05 Å². The Balaban J connectivity index is 2.43. The molecule has 0 saturated heterocycles. The molecule has 0 aliphatic heterocycles. The van der Waals surface area contributed by atoms with Gasteiger partial charge in [-0.2, -0.15) is 0 Å². The van der Waals surface area contributed by atoms with Crippen LogP contribution in [0, 0.1) is 5.82 Å². The summed E-state index contributed by atoms with van der Waals surface area (Å²) in [5.74, 6) is -0.506. The van der Waals surface area contributed by atoms with Crippen molar-refractivity contribution in [3.63, 3.8) is 0 Å². The van der Waals surface area contributed by atoms with Crippen molar-refractivity contribution in [3.05, 3.63) is 48.0 Å². The molecular weight excluding hydrogens is 283 g/mol. The number of rotatable bonds is 4. The summed E-state index contributed by atoms with van der Waals surface area (Å²) in [6.07, 6.45) is 1.41. The number of nitrogens with zero attached hydrogens (tertiary/aromatic N) is 2. The number of benzene rings is 1. The van der Waals surface area contributed by atoms with E-state index in [0.29, 0.717) is 5.69 Å². The first-order valence-electron chi connectivity index (χ1n) is 5.87. The highest BCUT2D eigenvalue weighted by atomic mass is 32.2. The maximum atomic E-state index is 13.2. The number of sulfonamides is 1. The topological polar surface area (TPSA) is 62.5 Å². The van der Waals surface area contributed by atoms with Gasteiger partial charge in [-0.3, -0.25) is 4.31 Å². The summed E-state index contributed by atoms with van der Waals surface area (Å²) in [4.78, 5) is 0.0517. The minimum Gasteiger partial charge on any atom is -0.390 e. The molecule has 1 aromatic carbocycles. The molecule has 0 unspecified atom stereocenters. The first-order valence-corrected chi connectivity index (χ1v) is 7.31. The number of anilines is 1. The van der Waals surface area contributed by atoms with E-state index in [9.17, 15) is 12.8 Å². The van der Waals surface area contributed by atoms with Crippen LogP contribution in [0.15, 0.2) is 41.4 Å². The van der Waals surface area contributed by atoms with E-state index >= 15 is 0 Å². The monoisotopic (exact) mass is 298 g/mol. The van der Waals surface area contributed by atoms with Crippen molar-refractivity contribution < 1.29 is 17.9 Å². The van der Waals surface area contributed by atoms with E-state index < -0.39 is 15.8 Å². The molecule has 5 nitrogen and oxygen atoms in total. The molecule has 0 saturated carbocycles. The molecule has 2 rings (SSSR count). The molecule has 0 fully saturated rings. The molecule has 1 aromatic heterocycles. The number of aryl methyl sites for hydroxylation is 1. The molecule has 0 atom stereocenters. The summed E-state index contributed by atoms with van der Waals surface area (Å²) in [7, 11) is -0.783. The number of aromatic nitrogens is 1. The Kier molecular flexibility index (Phi) is 3.82. The zero-order valence-electron chi connectivity index (χ0n) is 11.1. The zero-order chi connectivity index (χ0) is 14.9. The number of hydrogen-bond donors (Lipinski definition) is 1. The van der Waals surface area contributed by atoms with Gasteiger partial charge in [0, 0.05) is 26.0 Å². The van der Waals surface area contributed by atoms with E-state index in [4.69, 9.17) is 5.11 Å². The predicted octanol–water partition coefficient (Wildman–Crippen LogP) is 1.48. The van der Waals surface area contributed by atoms with E-state index in [0.717, 1.165) is 10.4 Å². The lowest BCUT2D eigenvalue weighted by Gasteiger charge is -2.18. The second kappa shape index (κ2) is 5.26. The average Bonchev–Trinajstić information content (AvgIpc) is 2.79. The van der Waals surface area contributed by atoms with E-state index in [1.54, 1.807) is 7.05 Å². The normalized spacial score (nSPS) is 11.6. The number of halogens is 1. The van der Waals surface area contributed by atoms with Crippen LogP contribution in [-0.4, -0.2) is 25.1 Å². The van der Waals surface area contributed by atoms with Crippen molar-refractivity contribution in [1.82, 2.24) is 4.57 Å². The second-order valence-electron chi connectivity index (χ2n) is 4.39. The highest BCUT2D eigenvalue weighted by Gasteiger charge is 2.23. The van der Waals surface area contributed by atoms with Crippen molar-refractivity contribution >= 4 is 15.7 Å². The Morgan fingerprint density at radius 3 is 2.60 bits per heavy atom. The molecule has 0 aliphatic carbocycles. The summed E-state index contributed by atoms with van der Waals surface area (Å²) >= 11 is 0. The molecule has 7 heteroatoms. The average molecular weight is 298 g/mol. The number of hydrogen-bond acceptors (Lipinski definition) is 3. The lowest BCUT2D eigenvalue weighted by Crippen LogP contribution is -2.26. The van der Waals surface area contributed by atoms with Crippen LogP contribution in [0.1, 0.15) is 5.69 Å². The molecule has 1 N–H and O–H groups in total. The fourth-order valence-electron chi connectivity index (χ4n) is 1.84. The lowest BCUT2D eigenvalue weighted by molar-refractivity contribution is 0.272. The van der Waals surface area contributed by atoms with Crippen LogP contribution < -0.4 is 4.31 Å². The fraction of sp³-hybridized carbons (Fsp3) is 0.231. The standard InChI is InChI=1S/C13H15FN2O3S/c1-15-8-13(7-12(15)9-17)20(18,19)16(2)11-5-3-4-10(14)6-11/h3-8,17H,9H2,1-2H3. The van der Waals surface area contributed by atoms with Gasteiger partial charge >= 0.3 is 0 Å². The molecule has 0 bridgehead atoms. The first kappa shape index (κ1) is 14.5. The Labute approximate surface area is 116 Å². The smallest absolute Gasteiger partial charge is 0.265 e. The Morgan fingerprint density at radius 2 is 2.05 bits per heavy atom. The van der Waals surface area contributed by atoms with Crippen LogP contribution in [0.3, 0.4) is 0 Å². The molecule has 0 spiro atoms. The third-order valence-electron chi connectivity index (χ3n) is 3.07. The Morgan fingerprint density at radius 1 is 1.35 bits per heavy atom. The van der Waals surface area contributed by atoms with Crippen LogP contribution in [-0.2, 0) is 23.7 Å². The van der Waals surface area contributed by atoms with E-state index in [1.807, 2.05) is 0 Å². The third-order valence-corrected chi connectivity index (χ3v) is 4.83. The van der Waals surface area contributed by atoms with Crippen LogP contribution in [0.5, 0.6) is 0 Å². The minimum atomic E-state index is -3.79. The Bertz CT molecular complexity index is 725. The zero-order valence-corrected chi connectivity index (χ0v) is 11.9. The minimum absolute atomic E-state index is 0.0517. The molecular formula is C13H15FN2O3S.